The number of rotatable bonds is 10. The van der Waals surface area contributed by atoms with Crippen molar-refractivity contribution in [3.63, 3.8) is 0 Å². The number of ketones is 2. The van der Waals surface area contributed by atoms with E-state index in [1.54, 1.807) is 50.9 Å². The zero-order valence-corrected chi connectivity index (χ0v) is 23.4. The summed E-state index contributed by atoms with van der Waals surface area (Å²) in [5.74, 6) is 1.96. The smallest absolute Gasteiger partial charge is 0.186 e. The molecule has 10 nitrogen and oxygen atoms in total. The fraction of sp³-hybridized carbons (Fsp3) is 0.121. The monoisotopic (exact) mass is 574 g/mol. The minimum atomic E-state index is -0.304. The first-order valence-electron chi connectivity index (χ1n) is 13.4. The molecule has 6 rings (SSSR count). The molecule has 1 aliphatic rings. The molecule has 0 atom stereocenters. The van der Waals surface area contributed by atoms with Gasteiger partial charge < -0.3 is 24.3 Å². The largest absolute Gasteiger partial charge is 0.493 e. The highest BCUT2D eigenvalue weighted by Crippen LogP contribution is 2.39. The Balaban J connectivity index is 1.40. The van der Waals surface area contributed by atoms with Crippen molar-refractivity contribution in [1.29, 1.82) is 0 Å². The lowest BCUT2D eigenvalue weighted by Crippen LogP contribution is -2.08. The second-order valence-electron chi connectivity index (χ2n) is 9.53. The van der Waals surface area contributed by atoms with Crippen molar-refractivity contribution >= 4 is 50.3 Å². The molecule has 3 aromatic carbocycles. The summed E-state index contributed by atoms with van der Waals surface area (Å²) in [6.45, 7) is 0.783. The van der Waals surface area contributed by atoms with Gasteiger partial charge in [-0.05, 0) is 54.6 Å². The van der Waals surface area contributed by atoms with E-state index in [-0.39, 0.29) is 17.1 Å². The Morgan fingerprint density at radius 1 is 0.837 bits per heavy atom. The van der Waals surface area contributed by atoms with E-state index in [2.05, 4.69) is 20.3 Å². The Kier molecular flexibility index (Phi) is 7.75. The van der Waals surface area contributed by atoms with Gasteiger partial charge in [-0.3, -0.25) is 14.6 Å². The predicted molar refractivity (Wildman–Crippen MR) is 162 cm³/mol. The van der Waals surface area contributed by atoms with Gasteiger partial charge in [0.15, 0.2) is 23.1 Å². The van der Waals surface area contributed by atoms with Gasteiger partial charge in [-0.1, -0.05) is 12.1 Å². The fourth-order valence-electron chi connectivity index (χ4n) is 4.73. The number of carbonyl (C=O) groups is 2. The number of ether oxygens (including phenoxy) is 4. The number of benzene rings is 3. The molecule has 0 bridgehead atoms. The van der Waals surface area contributed by atoms with Crippen LogP contribution < -0.4 is 19.5 Å². The molecule has 0 amide bonds. The minimum Gasteiger partial charge on any atom is -0.493 e. The number of anilines is 2. The highest BCUT2D eigenvalue weighted by atomic mass is 16.5. The molecule has 2 aromatic heterocycles. The molecule has 10 heteroatoms. The van der Waals surface area contributed by atoms with Crippen LogP contribution in [0.1, 0.15) is 5.56 Å². The van der Waals surface area contributed by atoms with E-state index >= 15 is 0 Å². The van der Waals surface area contributed by atoms with E-state index in [0.717, 1.165) is 10.8 Å². The average molecular weight is 575 g/mol. The van der Waals surface area contributed by atoms with Crippen molar-refractivity contribution in [2.24, 2.45) is 0 Å². The predicted octanol–water partition coefficient (Wildman–Crippen LogP) is 5.84. The number of carbonyl (C=O) groups excluding carboxylic acids is 2. The van der Waals surface area contributed by atoms with Gasteiger partial charge in [0.25, 0.3) is 0 Å². The second kappa shape index (κ2) is 12.1. The maximum absolute atomic E-state index is 13.0. The summed E-state index contributed by atoms with van der Waals surface area (Å²) < 4.78 is 22.8. The highest BCUT2D eigenvalue weighted by Gasteiger charge is 2.21. The molecule has 0 unspecified atom stereocenters. The lowest BCUT2D eigenvalue weighted by Gasteiger charge is -2.17. The Hall–Kier alpha value is -5.61. The third kappa shape index (κ3) is 5.77. The number of pyridine rings is 1. The minimum absolute atomic E-state index is 0.222. The first kappa shape index (κ1) is 27.6. The summed E-state index contributed by atoms with van der Waals surface area (Å²) in [7, 11) is 3.16. The third-order valence-corrected chi connectivity index (χ3v) is 6.81. The molecule has 1 N–H and O–H groups in total. The summed E-state index contributed by atoms with van der Waals surface area (Å²) in [6, 6.07) is 16.4. The van der Waals surface area contributed by atoms with Gasteiger partial charge in [-0.15, -0.1) is 0 Å². The van der Waals surface area contributed by atoms with Gasteiger partial charge >= 0.3 is 0 Å². The summed E-state index contributed by atoms with van der Waals surface area (Å²) in [5.41, 5.74) is 1.92. The molecule has 43 heavy (non-hydrogen) atoms. The van der Waals surface area contributed by atoms with Crippen molar-refractivity contribution in [3.8, 4) is 23.0 Å². The van der Waals surface area contributed by atoms with Crippen LogP contribution in [0.25, 0.3) is 27.2 Å². The first-order chi connectivity index (χ1) is 21.0. The maximum Gasteiger partial charge on any atom is 0.186 e. The normalized spacial score (nSPS) is 12.8. The number of nitrogens with zero attached hydrogens (tertiary/aromatic N) is 3. The number of aromatic nitrogens is 3. The van der Waals surface area contributed by atoms with E-state index in [0.29, 0.717) is 64.2 Å². The number of hydrogen-bond acceptors (Lipinski definition) is 10. The topological polar surface area (TPSA) is 122 Å². The molecular formula is C33H26N4O6. The third-order valence-electron chi connectivity index (χ3n) is 6.81. The number of hydrogen-bond donors (Lipinski definition) is 1. The molecule has 0 fully saturated rings. The van der Waals surface area contributed by atoms with E-state index in [4.69, 9.17) is 18.9 Å². The molecule has 0 radical (unpaired) electrons. The molecule has 0 aliphatic heterocycles. The van der Waals surface area contributed by atoms with Gasteiger partial charge in [0, 0.05) is 58.6 Å². The van der Waals surface area contributed by atoms with Crippen LogP contribution in [0.3, 0.4) is 0 Å². The van der Waals surface area contributed by atoms with Crippen LogP contribution in [0.15, 0.2) is 91.5 Å². The molecule has 0 saturated carbocycles. The lowest BCUT2D eigenvalue weighted by atomic mass is 9.95. The number of allylic oxidation sites excluding steroid dienone is 4. The fourth-order valence-corrected chi connectivity index (χ4v) is 4.73. The molecule has 2 heterocycles. The zero-order chi connectivity index (χ0) is 29.8. The average Bonchev–Trinajstić information content (AvgIpc) is 3.03. The highest BCUT2D eigenvalue weighted by molar-refractivity contribution is 6.34. The quantitative estimate of drug-likeness (QED) is 0.161. The number of methoxy groups -OCH3 is 2. The van der Waals surface area contributed by atoms with Crippen molar-refractivity contribution in [1.82, 2.24) is 15.0 Å². The Morgan fingerprint density at radius 3 is 2.60 bits per heavy atom. The van der Waals surface area contributed by atoms with Crippen LogP contribution in [-0.2, 0) is 14.3 Å². The van der Waals surface area contributed by atoms with E-state index < -0.39 is 0 Å². The Morgan fingerprint density at radius 2 is 1.74 bits per heavy atom. The van der Waals surface area contributed by atoms with Gasteiger partial charge in [0.2, 0.25) is 0 Å². The standard InChI is InChI=1S/C33H26N4O6/c1-40-12-13-42-32-17-27-26(16-31(32)41-2)33(36-19-35-27)37-21-6-9-30(25(14-21)24-15-22(38)7-8-28(24)39)43-29-5-3-4-20-18-34-11-10-23(20)29/h3-11,14-19H,12-13H2,1-2H3,(H,35,36,37). The SMILES string of the molecule is COCCOc1cc2ncnc(Nc3ccc(Oc4cccc5cnccc45)c(C4=CC(=O)C=CC4=O)c3)c2cc1OC. The van der Waals surface area contributed by atoms with Crippen molar-refractivity contribution < 1.29 is 28.5 Å². The second-order valence-corrected chi connectivity index (χ2v) is 9.53. The first-order valence-corrected chi connectivity index (χ1v) is 13.4. The number of nitrogens with one attached hydrogen (secondary N) is 1. The molecule has 0 spiro atoms. The van der Waals surface area contributed by atoms with Crippen molar-refractivity contribution in [2.45, 2.75) is 0 Å². The molecule has 5 aromatic rings. The summed E-state index contributed by atoms with van der Waals surface area (Å²) >= 11 is 0. The van der Waals surface area contributed by atoms with E-state index in [1.165, 1.54) is 24.6 Å². The van der Waals surface area contributed by atoms with Gasteiger partial charge in [-0.2, -0.15) is 0 Å². The zero-order valence-electron chi connectivity index (χ0n) is 23.4. The van der Waals surface area contributed by atoms with Crippen LogP contribution in [0.4, 0.5) is 11.5 Å². The summed E-state index contributed by atoms with van der Waals surface area (Å²) in [4.78, 5) is 38.3. The summed E-state index contributed by atoms with van der Waals surface area (Å²) in [5, 5.41) is 5.78. The Bertz CT molecular complexity index is 1930. The summed E-state index contributed by atoms with van der Waals surface area (Å²) in [6.07, 6.45) is 8.72. The van der Waals surface area contributed by atoms with Crippen LogP contribution >= 0.6 is 0 Å². The van der Waals surface area contributed by atoms with Crippen LogP contribution in [0.5, 0.6) is 23.0 Å². The van der Waals surface area contributed by atoms with Crippen LogP contribution in [-0.4, -0.2) is 54.0 Å². The lowest BCUT2D eigenvalue weighted by molar-refractivity contribution is -0.113. The van der Waals surface area contributed by atoms with Gasteiger partial charge in [0.1, 0.15) is 30.3 Å². The molecule has 214 valence electrons. The molecule has 0 saturated heterocycles. The van der Waals surface area contributed by atoms with Crippen molar-refractivity contribution in [2.75, 3.05) is 32.8 Å². The van der Waals surface area contributed by atoms with Crippen molar-refractivity contribution in [3.05, 3.63) is 97.1 Å². The van der Waals surface area contributed by atoms with E-state index in [1.807, 2.05) is 30.3 Å². The van der Waals surface area contributed by atoms with E-state index in [9.17, 15) is 9.59 Å². The van der Waals surface area contributed by atoms with Gasteiger partial charge in [0.05, 0.1) is 19.2 Å². The van der Waals surface area contributed by atoms with Crippen LogP contribution in [0.2, 0.25) is 0 Å². The maximum atomic E-state index is 13.0. The number of fused-ring (bicyclic) bond motifs is 2. The molecule has 1 aliphatic carbocycles. The Labute approximate surface area is 246 Å². The van der Waals surface area contributed by atoms with Crippen LogP contribution in [0, 0.1) is 0 Å². The molecular weight excluding hydrogens is 548 g/mol. The van der Waals surface area contributed by atoms with Gasteiger partial charge in [-0.25, -0.2) is 9.97 Å².